The van der Waals surface area contributed by atoms with Crippen molar-refractivity contribution >= 4 is 33.9 Å². The molecule has 0 bridgehead atoms. The van der Waals surface area contributed by atoms with Gasteiger partial charge in [0.2, 0.25) is 10.9 Å². The van der Waals surface area contributed by atoms with Crippen molar-refractivity contribution in [3.05, 3.63) is 139 Å². The highest BCUT2D eigenvalue weighted by molar-refractivity contribution is 5.97. The second-order valence-electron chi connectivity index (χ2n) is 19.1. The molecule has 0 radical (unpaired) electrons. The minimum Gasteiger partial charge on any atom is -0.488 e. The normalized spacial score (nSPS) is 18.1. The molecule has 364 valence electrons. The second-order valence-corrected chi connectivity index (χ2v) is 19.1. The first-order valence-electron chi connectivity index (χ1n) is 24.6. The Morgan fingerprint density at radius 2 is 1.14 bits per heavy atom. The Hall–Kier alpha value is -6.38. The molecular weight excluding hydrogens is 875 g/mol. The minimum absolute atomic E-state index is 0.0104. The number of nitrogens with zero attached hydrogens (tertiary/aromatic N) is 5. The van der Waals surface area contributed by atoms with Gasteiger partial charge in [0, 0.05) is 70.9 Å². The molecular formula is C55H65N5O9. The Labute approximate surface area is 403 Å². The van der Waals surface area contributed by atoms with Gasteiger partial charge in [-0.15, -0.1) is 0 Å². The zero-order valence-electron chi connectivity index (χ0n) is 40.7. The summed E-state index contributed by atoms with van der Waals surface area (Å²) >= 11 is 0. The first kappa shape index (κ1) is 49.1. The number of rotatable bonds is 10. The summed E-state index contributed by atoms with van der Waals surface area (Å²) in [5.74, 6) is 0.561. The van der Waals surface area contributed by atoms with Gasteiger partial charge < -0.3 is 38.1 Å². The van der Waals surface area contributed by atoms with Crippen LogP contribution in [-0.2, 0) is 48.2 Å². The van der Waals surface area contributed by atoms with E-state index in [2.05, 4.69) is 61.9 Å². The van der Waals surface area contributed by atoms with Gasteiger partial charge in [-0.3, -0.25) is 14.4 Å². The summed E-state index contributed by atoms with van der Waals surface area (Å²) in [5, 5.41) is 9.95. The van der Waals surface area contributed by atoms with E-state index in [1.807, 2.05) is 42.7 Å². The van der Waals surface area contributed by atoms with Gasteiger partial charge >= 0.3 is 5.97 Å². The summed E-state index contributed by atoms with van der Waals surface area (Å²) in [6.07, 6.45) is 14.0. The van der Waals surface area contributed by atoms with Crippen LogP contribution in [0.2, 0.25) is 0 Å². The number of aryl methyl sites for hydroxylation is 2. The van der Waals surface area contributed by atoms with E-state index in [0.717, 1.165) is 32.3 Å². The molecule has 0 unspecified atom stereocenters. The first-order valence-corrected chi connectivity index (χ1v) is 24.6. The van der Waals surface area contributed by atoms with Crippen molar-refractivity contribution in [1.82, 2.24) is 24.0 Å². The van der Waals surface area contributed by atoms with Crippen LogP contribution < -0.4 is 20.3 Å². The Kier molecular flexibility index (Phi) is 15.6. The number of fused-ring (bicyclic) bond motifs is 4. The molecule has 2 fully saturated rings. The number of carbonyl (C=O) groups is 2. The van der Waals surface area contributed by atoms with Crippen LogP contribution in [0.3, 0.4) is 0 Å². The summed E-state index contributed by atoms with van der Waals surface area (Å²) in [5.41, 5.74) is 5.24. The lowest BCUT2D eigenvalue weighted by Gasteiger charge is -2.34. The quantitative estimate of drug-likeness (QED) is 0.140. The van der Waals surface area contributed by atoms with E-state index in [-0.39, 0.29) is 46.2 Å². The number of hydrogen-bond acceptors (Lipinski definition) is 10. The molecule has 1 N–H and O–H groups in total. The average Bonchev–Trinajstić information content (AvgIpc) is 3.98. The predicted molar refractivity (Wildman–Crippen MR) is 266 cm³/mol. The minimum atomic E-state index is -1.24. The predicted octanol–water partition coefficient (Wildman–Crippen LogP) is 8.33. The highest BCUT2D eigenvalue weighted by Gasteiger charge is 2.30. The largest absolute Gasteiger partial charge is 0.488 e. The van der Waals surface area contributed by atoms with Crippen LogP contribution in [0.5, 0.6) is 11.5 Å². The lowest BCUT2D eigenvalue weighted by Crippen LogP contribution is -2.48. The van der Waals surface area contributed by atoms with Crippen molar-refractivity contribution in [1.29, 1.82) is 0 Å². The Morgan fingerprint density at radius 3 is 1.57 bits per heavy atom. The molecule has 69 heavy (non-hydrogen) atoms. The fraction of sp³-hybridized carbons (Fsp3) is 0.455. The molecule has 1 amide bonds. The van der Waals surface area contributed by atoms with Gasteiger partial charge in [-0.1, -0.05) is 76.2 Å². The molecule has 4 aromatic heterocycles. The second kappa shape index (κ2) is 21.9. The van der Waals surface area contributed by atoms with E-state index in [4.69, 9.17) is 18.9 Å². The van der Waals surface area contributed by atoms with Gasteiger partial charge in [-0.2, -0.15) is 0 Å². The van der Waals surface area contributed by atoms with Crippen LogP contribution in [0.4, 0.5) is 0 Å². The fourth-order valence-corrected chi connectivity index (χ4v) is 9.74. The molecule has 2 aromatic carbocycles. The summed E-state index contributed by atoms with van der Waals surface area (Å²) in [6, 6.07) is 19.9. The average molecular weight is 940 g/mol. The Balaban J connectivity index is 0.000000161. The van der Waals surface area contributed by atoms with Gasteiger partial charge in [-0.05, 0) is 79.3 Å². The number of morpholine rings is 1. The maximum absolute atomic E-state index is 13.5. The zero-order valence-corrected chi connectivity index (χ0v) is 40.7. The van der Waals surface area contributed by atoms with Crippen LogP contribution in [0.15, 0.2) is 95.0 Å². The number of carboxylic acids is 1. The summed E-state index contributed by atoms with van der Waals surface area (Å²) in [6.45, 7) is 16.0. The van der Waals surface area contributed by atoms with Gasteiger partial charge in [-0.25, -0.2) is 14.8 Å². The summed E-state index contributed by atoms with van der Waals surface area (Å²) in [4.78, 5) is 61.4. The number of benzene rings is 2. The van der Waals surface area contributed by atoms with Crippen LogP contribution in [0, 0.1) is 11.8 Å². The van der Waals surface area contributed by atoms with E-state index in [1.165, 1.54) is 47.7 Å². The van der Waals surface area contributed by atoms with Crippen molar-refractivity contribution in [3.63, 3.8) is 0 Å². The van der Waals surface area contributed by atoms with E-state index >= 15 is 0 Å². The molecule has 14 nitrogen and oxygen atoms in total. The van der Waals surface area contributed by atoms with Gasteiger partial charge in [0.15, 0.2) is 0 Å². The molecule has 2 aliphatic heterocycles. The fourth-order valence-electron chi connectivity index (χ4n) is 9.74. The number of aromatic carboxylic acids is 1. The topological polar surface area (TPSA) is 164 Å². The summed E-state index contributed by atoms with van der Waals surface area (Å²) in [7, 11) is 0. The number of hydrogen-bond donors (Lipinski definition) is 1. The molecule has 14 heteroatoms. The monoisotopic (exact) mass is 939 g/mol. The summed E-state index contributed by atoms with van der Waals surface area (Å²) < 4.78 is 27.1. The van der Waals surface area contributed by atoms with Gasteiger partial charge in [0.05, 0.1) is 42.0 Å². The molecule has 2 aliphatic carbocycles. The van der Waals surface area contributed by atoms with Crippen LogP contribution >= 0.6 is 0 Å². The smallest absolute Gasteiger partial charge is 0.341 e. The van der Waals surface area contributed by atoms with Crippen molar-refractivity contribution in [2.75, 3.05) is 26.3 Å². The molecule has 2 atom stereocenters. The van der Waals surface area contributed by atoms with E-state index in [9.17, 15) is 24.3 Å². The highest BCUT2D eigenvalue weighted by Crippen LogP contribution is 2.29. The van der Waals surface area contributed by atoms with Crippen molar-refractivity contribution in [3.8, 4) is 11.5 Å². The molecule has 10 rings (SSSR count). The Morgan fingerprint density at radius 1 is 0.681 bits per heavy atom. The van der Waals surface area contributed by atoms with Crippen molar-refractivity contribution in [2.24, 2.45) is 11.8 Å². The number of aromatic nitrogens is 4. The molecule has 0 spiro atoms. The number of pyridine rings is 4. The number of carboxylic acid groups (broad SMARTS) is 1. The van der Waals surface area contributed by atoms with Gasteiger partial charge in [0.25, 0.3) is 5.91 Å². The molecule has 4 aliphatic rings. The Bertz CT molecular complexity index is 2870. The van der Waals surface area contributed by atoms with Crippen molar-refractivity contribution in [2.45, 2.75) is 124 Å². The van der Waals surface area contributed by atoms with Crippen molar-refractivity contribution < 1.29 is 33.6 Å². The zero-order chi connectivity index (χ0) is 48.8. The SMILES string of the molecule is CC(C)[C@@H]1CCCCO1.CCn1cc(C(=O)N2CCO[C@H](C(C)C)C2)c(=O)c2cc(OC3Cc4ccccc4C3)cnc21.CCn1cc(C(=O)O)c(=O)c2cc(OC3Cc4ccccc4C3)cnc21. The number of ether oxygens (including phenoxy) is 4. The van der Waals surface area contributed by atoms with Crippen LogP contribution in [-0.4, -0.2) is 91.7 Å². The molecule has 6 heterocycles. The first-order chi connectivity index (χ1) is 33.3. The third-order valence-electron chi connectivity index (χ3n) is 13.6. The molecule has 2 saturated heterocycles. The number of amides is 1. The maximum atomic E-state index is 13.5. The highest BCUT2D eigenvalue weighted by atomic mass is 16.5. The lowest BCUT2D eigenvalue weighted by atomic mass is 9.99. The third-order valence-corrected chi connectivity index (χ3v) is 13.6. The van der Waals surface area contributed by atoms with Crippen LogP contribution in [0.25, 0.3) is 22.1 Å². The van der Waals surface area contributed by atoms with Gasteiger partial charge in [0.1, 0.15) is 46.1 Å². The molecule has 6 aromatic rings. The number of carbonyl (C=O) groups excluding carboxylic acids is 1. The lowest BCUT2D eigenvalue weighted by molar-refractivity contribution is -0.0421. The van der Waals surface area contributed by atoms with E-state index < -0.39 is 11.4 Å². The standard InChI is InChI=1S/C27H31N3O4.C20H18N2O4.C8H16O/c1-4-29-15-23(27(32)30-9-10-33-24(16-30)17(2)3)25(31)22-13-21(14-28-26(22)29)34-20-11-18-7-5-6-8-19(18)12-20;1-2-22-11-17(20(24)25)18(23)16-9-15(10-21-19(16)22)26-14-7-12-5-3-4-6-13(12)8-14;1-7(2)8-5-3-4-6-9-8/h5-8,13-15,17,20,24H,4,9-12,16H2,1-3H3;3-6,9-11,14H,2,7-8H2,1H3,(H,24,25);7-8H,3-6H2,1-2H3/t24-;;8-/m0.0/s1. The third kappa shape index (κ3) is 11.2. The van der Waals surface area contributed by atoms with E-state index in [0.29, 0.717) is 78.9 Å². The van der Waals surface area contributed by atoms with E-state index in [1.54, 1.807) is 40.2 Å². The maximum Gasteiger partial charge on any atom is 0.341 e. The molecule has 0 saturated carbocycles. The van der Waals surface area contributed by atoms with Crippen LogP contribution in [0.1, 0.15) is 104 Å².